The highest BCUT2D eigenvalue weighted by molar-refractivity contribution is 5.74. The highest BCUT2D eigenvalue weighted by atomic mass is 16.6. The number of carbonyl (C=O) groups excluding carboxylic acids is 2. The van der Waals surface area contributed by atoms with Crippen molar-refractivity contribution in [1.82, 2.24) is 14.8 Å². The van der Waals surface area contributed by atoms with Crippen LogP contribution in [0.5, 0.6) is 11.5 Å². The van der Waals surface area contributed by atoms with Crippen LogP contribution in [0, 0.1) is 5.92 Å². The second-order valence-corrected chi connectivity index (χ2v) is 11.5. The number of esters is 1. The molecule has 3 bridgehead atoms. The van der Waals surface area contributed by atoms with Gasteiger partial charge in [0.2, 0.25) is 0 Å². The van der Waals surface area contributed by atoms with E-state index in [-0.39, 0.29) is 41.1 Å². The summed E-state index contributed by atoms with van der Waals surface area (Å²) in [6.07, 6.45) is 10.5. The number of ether oxygens (including phenoxy) is 3. The standard InChI is InChI=1S/C29H29N3O5/c1-16(33)35-22-9-8-19-24-25(22)37-26-23(10-7-18-21-13-28(19,31(21)2)15-29(18,24)26)36-27(34)32-12-4-6-20(32)17-5-3-11-30-14-17/h3,5,7-11,14,18,20-21,23,26H,4,6,12-13,15H2,1-2H3/t18-,20-,21-,23-,26-,28-,29-/m0/s1. The molecule has 5 heterocycles. The smallest absolute Gasteiger partial charge is 0.411 e. The van der Waals surface area contributed by atoms with Gasteiger partial charge in [0.05, 0.1) is 11.5 Å². The minimum Gasteiger partial charge on any atom is -0.481 e. The van der Waals surface area contributed by atoms with Gasteiger partial charge in [-0.25, -0.2) is 4.79 Å². The first-order chi connectivity index (χ1) is 17.9. The second-order valence-electron chi connectivity index (χ2n) is 11.5. The van der Waals surface area contributed by atoms with Crippen LogP contribution in [0.3, 0.4) is 0 Å². The summed E-state index contributed by atoms with van der Waals surface area (Å²) in [6.45, 7) is 2.07. The number of nitrogens with zero attached hydrogens (tertiary/aromatic N) is 3. The number of hydrogen-bond acceptors (Lipinski definition) is 7. The number of hydrogen-bond donors (Lipinski definition) is 0. The van der Waals surface area contributed by atoms with Crippen LogP contribution < -0.4 is 9.47 Å². The van der Waals surface area contributed by atoms with Gasteiger partial charge < -0.3 is 19.1 Å². The molecule has 37 heavy (non-hydrogen) atoms. The fraction of sp³-hybridized carbons (Fsp3) is 0.483. The molecule has 7 atom stereocenters. The van der Waals surface area contributed by atoms with Gasteiger partial charge >= 0.3 is 12.1 Å². The van der Waals surface area contributed by atoms with E-state index in [2.05, 4.69) is 29.1 Å². The van der Waals surface area contributed by atoms with E-state index in [1.54, 1.807) is 6.20 Å². The van der Waals surface area contributed by atoms with Crippen molar-refractivity contribution in [2.75, 3.05) is 13.6 Å². The lowest BCUT2D eigenvalue weighted by Crippen LogP contribution is -2.73. The predicted octanol–water partition coefficient (Wildman–Crippen LogP) is 3.85. The summed E-state index contributed by atoms with van der Waals surface area (Å²) in [4.78, 5) is 34.1. The van der Waals surface area contributed by atoms with Crippen LogP contribution in [0.15, 0.2) is 48.8 Å². The quantitative estimate of drug-likeness (QED) is 0.361. The Morgan fingerprint density at radius 3 is 2.89 bits per heavy atom. The maximum absolute atomic E-state index is 13.6. The molecule has 1 aromatic heterocycles. The number of rotatable bonds is 3. The number of benzene rings is 1. The van der Waals surface area contributed by atoms with Crippen LogP contribution in [0.2, 0.25) is 0 Å². The van der Waals surface area contributed by atoms with Crippen molar-refractivity contribution in [3.8, 4) is 11.5 Å². The van der Waals surface area contributed by atoms with Crippen molar-refractivity contribution in [3.63, 3.8) is 0 Å². The Morgan fingerprint density at radius 1 is 1.22 bits per heavy atom. The molecule has 0 radical (unpaired) electrons. The van der Waals surface area contributed by atoms with E-state index in [1.807, 2.05) is 35.4 Å². The zero-order chi connectivity index (χ0) is 25.1. The fourth-order valence-electron chi connectivity index (χ4n) is 8.60. The molecule has 3 saturated heterocycles. The van der Waals surface area contributed by atoms with E-state index < -0.39 is 6.10 Å². The monoisotopic (exact) mass is 499 g/mol. The minimum absolute atomic E-state index is 0.0257. The molecular formula is C29H29N3O5. The molecule has 1 amide bonds. The average molecular weight is 500 g/mol. The van der Waals surface area contributed by atoms with E-state index in [9.17, 15) is 9.59 Å². The molecule has 8 nitrogen and oxygen atoms in total. The van der Waals surface area contributed by atoms with Gasteiger partial charge in [-0.2, -0.15) is 0 Å². The molecule has 2 aromatic rings. The summed E-state index contributed by atoms with van der Waals surface area (Å²) in [5.74, 6) is 0.990. The summed E-state index contributed by atoms with van der Waals surface area (Å²) in [5, 5.41) is 0. The van der Waals surface area contributed by atoms with Crippen molar-refractivity contribution in [2.24, 2.45) is 5.92 Å². The second kappa shape index (κ2) is 7.13. The number of likely N-dealkylation sites (tertiary alicyclic amines) is 1. The summed E-state index contributed by atoms with van der Waals surface area (Å²) < 4.78 is 18.5. The first-order valence-corrected chi connectivity index (χ1v) is 13.3. The molecule has 3 aliphatic carbocycles. The van der Waals surface area contributed by atoms with E-state index in [1.165, 1.54) is 12.5 Å². The number of amides is 1. The van der Waals surface area contributed by atoms with Gasteiger partial charge in [-0.15, -0.1) is 0 Å². The summed E-state index contributed by atoms with van der Waals surface area (Å²) >= 11 is 0. The zero-order valence-corrected chi connectivity index (χ0v) is 20.9. The third kappa shape index (κ3) is 2.54. The number of carbonyl (C=O) groups is 2. The number of aromatic nitrogens is 1. The van der Waals surface area contributed by atoms with Crippen molar-refractivity contribution in [1.29, 1.82) is 0 Å². The van der Waals surface area contributed by atoms with Gasteiger partial charge in [0.15, 0.2) is 17.6 Å². The maximum atomic E-state index is 13.6. The maximum Gasteiger partial charge on any atom is 0.411 e. The number of piperidine rings is 1. The first-order valence-electron chi connectivity index (χ1n) is 13.3. The van der Waals surface area contributed by atoms with Crippen molar-refractivity contribution in [3.05, 3.63) is 65.5 Å². The Bertz CT molecular complexity index is 1380. The molecule has 2 spiro atoms. The Kier molecular flexibility index (Phi) is 4.18. The molecule has 4 fully saturated rings. The molecule has 190 valence electrons. The van der Waals surface area contributed by atoms with Crippen molar-refractivity contribution in [2.45, 2.75) is 67.9 Å². The van der Waals surface area contributed by atoms with Crippen LogP contribution in [0.4, 0.5) is 4.79 Å². The largest absolute Gasteiger partial charge is 0.481 e. The van der Waals surface area contributed by atoms with Gasteiger partial charge in [0.1, 0.15) is 6.10 Å². The average Bonchev–Trinajstić information content (AvgIpc) is 3.57. The van der Waals surface area contributed by atoms with Crippen molar-refractivity contribution >= 4 is 12.1 Å². The predicted molar refractivity (Wildman–Crippen MR) is 132 cm³/mol. The number of pyridine rings is 1. The molecule has 1 aromatic carbocycles. The summed E-state index contributed by atoms with van der Waals surface area (Å²) in [6, 6.07) is 8.29. The fourth-order valence-corrected chi connectivity index (χ4v) is 8.60. The Morgan fingerprint density at radius 2 is 2.11 bits per heavy atom. The summed E-state index contributed by atoms with van der Waals surface area (Å²) in [5.41, 5.74) is 3.15. The Hall–Kier alpha value is -3.39. The molecule has 1 saturated carbocycles. The molecule has 7 aliphatic rings. The molecule has 4 aliphatic heterocycles. The Balaban J connectivity index is 1.16. The minimum atomic E-state index is -0.526. The van der Waals surface area contributed by atoms with Gasteiger partial charge in [0, 0.05) is 48.9 Å². The highest BCUT2D eigenvalue weighted by Crippen LogP contribution is 2.75. The Labute approximate surface area is 215 Å². The zero-order valence-electron chi connectivity index (χ0n) is 20.9. The lowest BCUT2D eigenvalue weighted by molar-refractivity contribution is -0.165. The molecule has 9 rings (SSSR count). The van der Waals surface area contributed by atoms with E-state index in [0.717, 1.165) is 36.8 Å². The normalized spacial score (nSPS) is 37.6. The van der Waals surface area contributed by atoms with Crippen LogP contribution in [0.1, 0.15) is 55.3 Å². The third-order valence-electron chi connectivity index (χ3n) is 10.0. The lowest BCUT2D eigenvalue weighted by Gasteiger charge is -2.66. The molecule has 8 heteroatoms. The van der Waals surface area contributed by atoms with E-state index in [0.29, 0.717) is 24.1 Å². The molecule has 0 unspecified atom stereocenters. The molecule has 0 N–H and O–H groups in total. The van der Waals surface area contributed by atoms with E-state index in [4.69, 9.17) is 14.2 Å². The van der Waals surface area contributed by atoms with Gasteiger partial charge in [-0.1, -0.05) is 18.2 Å². The summed E-state index contributed by atoms with van der Waals surface area (Å²) in [7, 11) is 2.22. The topological polar surface area (TPSA) is 81.2 Å². The van der Waals surface area contributed by atoms with Crippen LogP contribution in [0.25, 0.3) is 0 Å². The first kappa shape index (κ1) is 21.7. The van der Waals surface area contributed by atoms with E-state index >= 15 is 0 Å². The van der Waals surface area contributed by atoms with Crippen LogP contribution >= 0.6 is 0 Å². The van der Waals surface area contributed by atoms with Gasteiger partial charge in [-0.05, 0) is 62.1 Å². The van der Waals surface area contributed by atoms with Crippen LogP contribution in [-0.2, 0) is 20.5 Å². The van der Waals surface area contributed by atoms with Crippen LogP contribution in [-0.4, -0.2) is 58.7 Å². The highest BCUT2D eigenvalue weighted by Gasteiger charge is 2.77. The third-order valence-corrected chi connectivity index (χ3v) is 10.0. The van der Waals surface area contributed by atoms with Gasteiger partial charge in [-0.3, -0.25) is 14.7 Å². The van der Waals surface area contributed by atoms with Gasteiger partial charge in [0.25, 0.3) is 0 Å². The van der Waals surface area contributed by atoms with Crippen molar-refractivity contribution < 1.29 is 23.8 Å². The molecular weight excluding hydrogens is 470 g/mol. The lowest BCUT2D eigenvalue weighted by atomic mass is 9.52. The SMILES string of the molecule is CC(=O)Oc1ccc2c3c1O[C@H]1[C@@H](OC(=O)N4CCC[C@H]4c4cccnc4)C=C[C@H]4[C@@H]5C[C@@]2(C[C@@]341)N5C.